The maximum absolute atomic E-state index is 13.4. The number of nitrogens with one attached hydrogen (secondary N) is 1. The van der Waals surface area contributed by atoms with Crippen LogP contribution < -0.4 is 9.62 Å². The van der Waals surface area contributed by atoms with Gasteiger partial charge in [-0.05, 0) is 61.0 Å². The highest BCUT2D eigenvalue weighted by Gasteiger charge is 2.28. The Bertz CT molecular complexity index is 1140. The summed E-state index contributed by atoms with van der Waals surface area (Å²) in [4.78, 5) is 12.6. The predicted octanol–water partition coefficient (Wildman–Crippen LogP) is 4.62. The van der Waals surface area contributed by atoms with Crippen LogP contribution in [-0.2, 0) is 14.8 Å². The molecule has 0 bridgehead atoms. The van der Waals surface area contributed by atoms with Gasteiger partial charge in [-0.25, -0.2) is 12.8 Å². The third kappa shape index (κ3) is 4.93. The lowest BCUT2D eigenvalue weighted by Crippen LogP contribution is -2.38. The summed E-state index contributed by atoms with van der Waals surface area (Å²) in [5.41, 5.74) is 1.16. The van der Waals surface area contributed by atoms with Gasteiger partial charge < -0.3 is 5.32 Å². The van der Waals surface area contributed by atoms with Gasteiger partial charge in [-0.2, -0.15) is 0 Å². The Balaban J connectivity index is 1.98. The zero-order chi connectivity index (χ0) is 21.0. The molecule has 0 atom stereocenters. The fourth-order valence-corrected chi connectivity index (χ4v) is 4.55. The molecule has 0 radical (unpaired) electrons. The number of carbonyl (C=O) groups excluding carboxylic acids is 1. The molecule has 0 aliphatic rings. The molecule has 29 heavy (non-hydrogen) atoms. The molecule has 1 N–H and O–H groups in total. The average molecular weight is 433 g/mol. The second kappa shape index (κ2) is 8.63. The van der Waals surface area contributed by atoms with Crippen molar-refractivity contribution in [1.82, 2.24) is 0 Å². The van der Waals surface area contributed by atoms with Gasteiger partial charge in [0.25, 0.3) is 10.0 Å². The first kappa shape index (κ1) is 20.8. The number of sulfonamides is 1. The molecular weight excluding hydrogens is 415 g/mol. The number of hydrogen-bond donors (Lipinski definition) is 1. The Morgan fingerprint density at radius 1 is 1.03 bits per heavy atom. The number of anilines is 2. The monoisotopic (exact) mass is 432 g/mol. The lowest BCUT2D eigenvalue weighted by Gasteiger charge is -2.25. The number of amides is 1. The molecule has 0 heterocycles. The first-order valence-corrected chi connectivity index (χ1v) is 10.5. The first-order chi connectivity index (χ1) is 13.8. The summed E-state index contributed by atoms with van der Waals surface area (Å²) in [5.74, 6) is -1.12. The Kier molecular flexibility index (Phi) is 6.20. The maximum Gasteiger partial charge on any atom is 0.264 e. The quantitative estimate of drug-likeness (QED) is 0.618. The molecule has 0 spiro atoms. The highest BCUT2D eigenvalue weighted by Crippen LogP contribution is 2.29. The van der Waals surface area contributed by atoms with E-state index in [4.69, 9.17) is 11.6 Å². The largest absolute Gasteiger partial charge is 0.324 e. The molecule has 150 valence electrons. The number of rotatable bonds is 6. The van der Waals surface area contributed by atoms with Gasteiger partial charge >= 0.3 is 0 Å². The topological polar surface area (TPSA) is 66.5 Å². The fourth-order valence-electron chi connectivity index (χ4n) is 2.82. The van der Waals surface area contributed by atoms with Gasteiger partial charge in [-0.15, -0.1) is 0 Å². The second-order valence-corrected chi connectivity index (χ2v) is 8.61. The van der Waals surface area contributed by atoms with Crippen molar-refractivity contribution in [2.45, 2.75) is 11.8 Å². The number of halogens is 2. The van der Waals surface area contributed by atoms with E-state index in [1.165, 1.54) is 30.3 Å². The number of carbonyl (C=O) groups is 1. The Morgan fingerprint density at radius 3 is 2.41 bits per heavy atom. The van der Waals surface area contributed by atoms with Gasteiger partial charge in [-0.1, -0.05) is 35.9 Å². The summed E-state index contributed by atoms with van der Waals surface area (Å²) in [6.07, 6.45) is 0. The van der Waals surface area contributed by atoms with Crippen LogP contribution in [0.25, 0.3) is 0 Å². The molecule has 0 unspecified atom stereocenters. The van der Waals surface area contributed by atoms with Crippen LogP contribution in [-0.4, -0.2) is 20.9 Å². The maximum atomic E-state index is 13.4. The van der Waals surface area contributed by atoms with Crippen molar-refractivity contribution in [3.8, 4) is 0 Å². The van der Waals surface area contributed by atoms with Crippen LogP contribution in [0.4, 0.5) is 15.8 Å². The molecule has 0 fully saturated rings. The van der Waals surface area contributed by atoms with Crippen LogP contribution in [0.15, 0.2) is 77.7 Å². The molecule has 3 aromatic rings. The highest BCUT2D eigenvalue weighted by atomic mass is 35.5. The summed E-state index contributed by atoms with van der Waals surface area (Å²) in [6.45, 7) is 1.22. The Hall–Kier alpha value is -2.90. The molecule has 3 aromatic carbocycles. The molecule has 5 nitrogen and oxygen atoms in total. The van der Waals surface area contributed by atoms with Crippen LogP contribution in [0.1, 0.15) is 5.56 Å². The van der Waals surface area contributed by atoms with Crippen LogP contribution in [0.2, 0.25) is 5.02 Å². The first-order valence-electron chi connectivity index (χ1n) is 8.67. The normalized spacial score (nSPS) is 11.1. The summed E-state index contributed by atoms with van der Waals surface area (Å²) < 4.78 is 40.9. The number of nitrogens with zero attached hydrogens (tertiary/aromatic N) is 1. The molecule has 0 aliphatic heterocycles. The zero-order valence-electron chi connectivity index (χ0n) is 15.5. The molecule has 3 rings (SSSR count). The zero-order valence-corrected chi connectivity index (χ0v) is 17.0. The van der Waals surface area contributed by atoms with E-state index in [-0.39, 0.29) is 10.6 Å². The smallest absolute Gasteiger partial charge is 0.264 e. The van der Waals surface area contributed by atoms with Gasteiger partial charge in [0.15, 0.2) is 0 Å². The lowest BCUT2D eigenvalue weighted by molar-refractivity contribution is -0.114. The molecule has 0 aliphatic carbocycles. The minimum Gasteiger partial charge on any atom is -0.324 e. The van der Waals surface area contributed by atoms with Crippen LogP contribution in [0, 0.1) is 12.7 Å². The van der Waals surface area contributed by atoms with E-state index < -0.39 is 28.3 Å². The minimum atomic E-state index is -4.03. The molecular formula is C21H18ClFN2O3S. The van der Waals surface area contributed by atoms with Crippen molar-refractivity contribution in [2.75, 3.05) is 16.2 Å². The average Bonchev–Trinajstić information content (AvgIpc) is 2.67. The van der Waals surface area contributed by atoms with E-state index in [2.05, 4.69) is 5.32 Å². The second-order valence-electron chi connectivity index (χ2n) is 6.31. The Morgan fingerprint density at radius 2 is 1.76 bits per heavy atom. The van der Waals surface area contributed by atoms with Crippen molar-refractivity contribution in [2.24, 2.45) is 0 Å². The highest BCUT2D eigenvalue weighted by molar-refractivity contribution is 7.92. The van der Waals surface area contributed by atoms with Crippen molar-refractivity contribution in [3.05, 3.63) is 89.2 Å². The molecule has 0 saturated heterocycles. The molecule has 1 amide bonds. The van der Waals surface area contributed by atoms with Gasteiger partial charge in [0.2, 0.25) is 5.91 Å². The third-order valence-electron chi connectivity index (χ3n) is 4.15. The van der Waals surface area contributed by atoms with Gasteiger partial charge in [0.05, 0.1) is 10.6 Å². The Labute approximate surface area is 173 Å². The van der Waals surface area contributed by atoms with Gasteiger partial charge in [-0.3, -0.25) is 9.10 Å². The summed E-state index contributed by atoms with van der Waals surface area (Å²) in [5, 5.41) is 2.98. The summed E-state index contributed by atoms with van der Waals surface area (Å²) in [6, 6.07) is 17.9. The van der Waals surface area contributed by atoms with Crippen LogP contribution in [0.5, 0.6) is 0 Å². The van der Waals surface area contributed by atoms with E-state index in [9.17, 15) is 17.6 Å². The fraction of sp³-hybridized carbons (Fsp3) is 0.0952. The number of hydrogen-bond acceptors (Lipinski definition) is 3. The number of benzene rings is 3. The SMILES string of the molecule is Cc1cc(Cl)ccc1N(CC(=O)Nc1cccc(F)c1)S(=O)(=O)c1ccccc1. The van der Waals surface area contributed by atoms with Crippen LogP contribution in [0.3, 0.4) is 0 Å². The van der Waals surface area contributed by atoms with E-state index in [1.54, 1.807) is 43.3 Å². The number of aryl methyl sites for hydroxylation is 1. The minimum absolute atomic E-state index is 0.0490. The molecule has 8 heteroatoms. The van der Waals surface area contributed by atoms with E-state index in [1.807, 2.05) is 0 Å². The van der Waals surface area contributed by atoms with Crippen molar-refractivity contribution >= 4 is 38.9 Å². The van der Waals surface area contributed by atoms with E-state index in [0.29, 0.717) is 16.3 Å². The van der Waals surface area contributed by atoms with Crippen molar-refractivity contribution in [3.63, 3.8) is 0 Å². The van der Waals surface area contributed by atoms with Crippen molar-refractivity contribution < 1.29 is 17.6 Å². The summed E-state index contributed by atoms with van der Waals surface area (Å²) in [7, 11) is -4.03. The molecule has 0 saturated carbocycles. The lowest BCUT2D eigenvalue weighted by atomic mass is 10.2. The van der Waals surface area contributed by atoms with E-state index >= 15 is 0 Å². The van der Waals surface area contributed by atoms with Crippen LogP contribution >= 0.6 is 11.6 Å². The standard InChI is InChI=1S/C21H18ClFN2O3S/c1-15-12-16(22)10-11-20(15)25(29(27,28)19-8-3-2-4-9-19)14-21(26)24-18-7-5-6-17(23)13-18/h2-13H,14H2,1H3,(H,24,26). The van der Waals surface area contributed by atoms with Gasteiger partial charge in [0.1, 0.15) is 12.4 Å². The van der Waals surface area contributed by atoms with Gasteiger partial charge in [0, 0.05) is 10.7 Å². The van der Waals surface area contributed by atoms with Crippen molar-refractivity contribution in [1.29, 1.82) is 0 Å². The predicted molar refractivity (Wildman–Crippen MR) is 112 cm³/mol. The third-order valence-corrected chi connectivity index (χ3v) is 6.16. The molecule has 0 aromatic heterocycles. The summed E-state index contributed by atoms with van der Waals surface area (Å²) >= 11 is 6.00. The van der Waals surface area contributed by atoms with E-state index in [0.717, 1.165) is 10.4 Å².